The van der Waals surface area contributed by atoms with Crippen molar-refractivity contribution in [1.82, 2.24) is 9.29 Å². The largest absolute Gasteiger partial charge is 0.379 e. The minimum atomic E-state index is -3.58. The molecule has 0 radical (unpaired) electrons. The summed E-state index contributed by atoms with van der Waals surface area (Å²) in [5, 5.41) is 2.81. The van der Waals surface area contributed by atoms with Gasteiger partial charge in [0.05, 0.1) is 30.0 Å². The number of benzene rings is 1. The van der Waals surface area contributed by atoms with E-state index in [1.165, 1.54) is 28.6 Å². The van der Waals surface area contributed by atoms with Gasteiger partial charge in [-0.1, -0.05) is 13.8 Å². The number of rotatable bonds is 9. The van der Waals surface area contributed by atoms with Crippen LogP contribution >= 0.6 is 0 Å². The van der Waals surface area contributed by atoms with Gasteiger partial charge < -0.3 is 15.0 Å². The number of carbonyl (C=O) groups excluding carboxylic acids is 1. The van der Waals surface area contributed by atoms with E-state index in [1.807, 2.05) is 12.1 Å². The van der Waals surface area contributed by atoms with Crippen LogP contribution in [0, 0.1) is 0 Å². The number of sulfonamides is 1. The van der Waals surface area contributed by atoms with Gasteiger partial charge in [-0.05, 0) is 49.2 Å². The zero-order valence-electron chi connectivity index (χ0n) is 18.1. The maximum absolute atomic E-state index is 12.7. The van der Waals surface area contributed by atoms with Crippen molar-refractivity contribution in [3.63, 3.8) is 0 Å². The molecule has 0 aliphatic carbocycles. The molecule has 0 saturated carbocycles. The molecule has 0 atom stereocenters. The van der Waals surface area contributed by atoms with Crippen LogP contribution in [0.2, 0.25) is 0 Å². The molecule has 8 nitrogen and oxygen atoms in total. The Morgan fingerprint density at radius 1 is 1.06 bits per heavy atom. The predicted octanol–water partition coefficient (Wildman–Crippen LogP) is 2.98. The van der Waals surface area contributed by atoms with Gasteiger partial charge in [0.2, 0.25) is 10.0 Å². The summed E-state index contributed by atoms with van der Waals surface area (Å²) in [7, 11) is -3.58. The minimum absolute atomic E-state index is 0.170. The number of nitrogens with one attached hydrogen (secondary N) is 1. The van der Waals surface area contributed by atoms with Crippen LogP contribution < -0.4 is 10.2 Å². The van der Waals surface area contributed by atoms with Crippen molar-refractivity contribution in [2.75, 3.05) is 49.6 Å². The van der Waals surface area contributed by atoms with Gasteiger partial charge in [-0.25, -0.2) is 13.4 Å². The molecule has 1 saturated heterocycles. The maximum Gasteiger partial charge on any atom is 0.255 e. The van der Waals surface area contributed by atoms with E-state index < -0.39 is 10.0 Å². The highest BCUT2D eigenvalue weighted by atomic mass is 32.2. The number of aromatic nitrogens is 1. The van der Waals surface area contributed by atoms with Crippen molar-refractivity contribution in [3.05, 3.63) is 48.2 Å². The van der Waals surface area contributed by atoms with E-state index >= 15 is 0 Å². The summed E-state index contributed by atoms with van der Waals surface area (Å²) in [6, 6.07) is 9.71. The molecule has 168 valence electrons. The zero-order valence-corrected chi connectivity index (χ0v) is 18.9. The van der Waals surface area contributed by atoms with E-state index in [1.54, 1.807) is 6.20 Å². The van der Waals surface area contributed by atoms with E-state index in [-0.39, 0.29) is 10.8 Å². The highest BCUT2D eigenvalue weighted by Crippen LogP contribution is 2.19. The Hall–Kier alpha value is -2.49. The minimum Gasteiger partial charge on any atom is -0.379 e. The summed E-state index contributed by atoms with van der Waals surface area (Å²) in [4.78, 5) is 19.4. The molecule has 1 aliphatic rings. The Morgan fingerprint density at radius 2 is 1.71 bits per heavy atom. The molecule has 0 bridgehead atoms. The van der Waals surface area contributed by atoms with Gasteiger partial charge in [0.15, 0.2) is 0 Å². The van der Waals surface area contributed by atoms with E-state index in [2.05, 4.69) is 29.0 Å². The summed E-state index contributed by atoms with van der Waals surface area (Å²) in [6.45, 7) is 7.59. The van der Waals surface area contributed by atoms with Crippen molar-refractivity contribution in [3.8, 4) is 0 Å². The van der Waals surface area contributed by atoms with Gasteiger partial charge in [-0.15, -0.1) is 0 Å². The maximum atomic E-state index is 12.7. The second kappa shape index (κ2) is 10.7. The van der Waals surface area contributed by atoms with Crippen LogP contribution in [0.5, 0.6) is 0 Å². The lowest BCUT2D eigenvalue weighted by Gasteiger charge is -2.26. The third-order valence-electron chi connectivity index (χ3n) is 5.04. The van der Waals surface area contributed by atoms with Gasteiger partial charge in [0.25, 0.3) is 5.91 Å². The molecular weight excluding hydrogens is 416 g/mol. The Morgan fingerprint density at radius 3 is 2.26 bits per heavy atom. The van der Waals surface area contributed by atoms with Crippen LogP contribution in [-0.2, 0) is 14.8 Å². The molecule has 1 N–H and O–H groups in total. The summed E-state index contributed by atoms with van der Waals surface area (Å²) < 4.78 is 32.0. The first-order valence-corrected chi connectivity index (χ1v) is 12.1. The molecule has 0 spiro atoms. The molecule has 1 aliphatic heterocycles. The SMILES string of the molecule is CCCN(CCC)c1ccc(NC(=O)c2ccc(S(=O)(=O)N3CCOCC3)cc2)cn1. The number of morpholine rings is 1. The van der Waals surface area contributed by atoms with E-state index in [4.69, 9.17) is 4.74 Å². The molecule has 1 aromatic carbocycles. The van der Waals surface area contributed by atoms with Gasteiger partial charge in [0, 0.05) is 31.7 Å². The molecular formula is C22H30N4O4S. The van der Waals surface area contributed by atoms with E-state index in [0.29, 0.717) is 37.6 Å². The smallest absolute Gasteiger partial charge is 0.255 e. The van der Waals surface area contributed by atoms with Gasteiger partial charge in [-0.2, -0.15) is 4.31 Å². The number of carbonyl (C=O) groups is 1. The van der Waals surface area contributed by atoms with Crippen molar-refractivity contribution in [2.24, 2.45) is 0 Å². The van der Waals surface area contributed by atoms with Crippen molar-refractivity contribution < 1.29 is 17.9 Å². The summed E-state index contributed by atoms with van der Waals surface area (Å²) in [6.07, 6.45) is 3.72. The number of amides is 1. The first kappa shape index (κ1) is 23.2. The molecule has 1 aromatic heterocycles. The Bertz CT molecular complexity index is 950. The summed E-state index contributed by atoms with van der Waals surface area (Å²) >= 11 is 0. The molecule has 31 heavy (non-hydrogen) atoms. The number of pyridine rings is 1. The number of hydrogen-bond donors (Lipinski definition) is 1. The Balaban J connectivity index is 1.65. The summed E-state index contributed by atoms with van der Waals surface area (Å²) in [5.74, 6) is 0.572. The quantitative estimate of drug-likeness (QED) is 0.637. The lowest BCUT2D eigenvalue weighted by molar-refractivity contribution is 0.0730. The number of anilines is 2. The van der Waals surface area contributed by atoms with Crippen molar-refractivity contribution in [1.29, 1.82) is 0 Å². The standard InChI is InChI=1S/C22H30N4O4S/c1-3-11-25(12-4-2)21-10-7-19(17-23-21)24-22(27)18-5-8-20(9-6-18)31(28,29)26-13-15-30-16-14-26/h5-10,17H,3-4,11-16H2,1-2H3,(H,24,27). The van der Waals surface area contributed by atoms with Crippen LogP contribution in [0.3, 0.4) is 0 Å². The molecule has 3 rings (SSSR count). The third kappa shape index (κ3) is 5.81. The topological polar surface area (TPSA) is 91.8 Å². The average molecular weight is 447 g/mol. The fourth-order valence-electron chi connectivity index (χ4n) is 3.45. The summed E-state index contributed by atoms with van der Waals surface area (Å²) in [5.41, 5.74) is 0.968. The number of ether oxygens (including phenoxy) is 1. The fourth-order valence-corrected chi connectivity index (χ4v) is 4.85. The van der Waals surface area contributed by atoms with Crippen LogP contribution in [0.4, 0.5) is 11.5 Å². The van der Waals surface area contributed by atoms with Gasteiger partial charge in [-0.3, -0.25) is 4.79 Å². The molecule has 1 amide bonds. The second-order valence-electron chi connectivity index (χ2n) is 7.39. The van der Waals surface area contributed by atoms with Crippen LogP contribution in [0.15, 0.2) is 47.5 Å². The zero-order chi connectivity index (χ0) is 22.3. The number of hydrogen-bond acceptors (Lipinski definition) is 6. The van der Waals surface area contributed by atoms with E-state index in [9.17, 15) is 13.2 Å². The molecule has 2 aromatic rings. The second-order valence-corrected chi connectivity index (χ2v) is 9.33. The third-order valence-corrected chi connectivity index (χ3v) is 6.95. The highest BCUT2D eigenvalue weighted by molar-refractivity contribution is 7.89. The lowest BCUT2D eigenvalue weighted by Crippen LogP contribution is -2.40. The van der Waals surface area contributed by atoms with Crippen LogP contribution in [0.1, 0.15) is 37.0 Å². The molecule has 0 unspecified atom stereocenters. The molecule has 9 heteroatoms. The lowest BCUT2D eigenvalue weighted by atomic mass is 10.2. The predicted molar refractivity (Wildman–Crippen MR) is 121 cm³/mol. The Kier molecular flexibility index (Phi) is 8.00. The van der Waals surface area contributed by atoms with E-state index in [0.717, 1.165) is 31.7 Å². The fraction of sp³-hybridized carbons (Fsp3) is 0.455. The van der Waals surface area contributed by atoms with Crippen LogP contribution in [-0.4, -0.2) is 63.0 Å². The van der Waals surface area contributed by atoms with Crippen LogP contribution in [0.25, 0.3) is 0 Å². The van der Waals surface area contributed by atoms with Gasteiger partial charge in [0.1, 0.15) is 5.82 Å². The molecule has 1 fully saturated rings. The first-order chi connectivity index (χ1) is 15.0. The monoisotopic (exact) mass is 446 g/mol. The normalized spacial score (nSPS) is 14.9. The highest BCUT2D eigenvalue weighted by Gasteiger charge is 2.26. The Labute approximate surface area is 184 Å². The average Bonchev–Trinajstić information content (AvgIpc) is 2.80. The first-order valence-electron chi connectivity index (χ1n) is 10.7. The van der Waals surface area contributed by atoms with Gasteiger partial charge >= 0.3 is 0 Å². The van der Waals surface area contributed by atoms with Crippen molar-refractivity contribution in [2.45, 2.75) is 31.6 Å². The number of nitrogens with zero attached hydrogens (tertiary/aromatic N) is 3. The van der Waals surface area contributed by atoms with Crippen molar-refractivity contribution >= 4 is 27.4 Å². The molecule has 2 heterocycles.